The van der Waals surface area contributed by atoms with Crippen molar-refractivity contribution >= 4 is 5.91 Å². The molecule has 0 aromatic carbocycles. The van der Waals surface area contributed by atoms with Crippen molar-refractivity contribution in [2.45, 2.75) is 38.1 Å². The van der Waals surface area contributed by atoms with Crippen molar-refractivity contribution in [2.75, 3.05) is 33.7 Å². The molecule has 1 saturated heterocycles. The minimum absolute atomic E-state index is 0.272. The van der Waals surface area contributed by atoms with Crippen molar-refractivity contribution in [3.8, 4) is 0 Å². The average molecular weight is 227 g/mol. The van der Waals surface area contributed by atoms with E-state index in [2.05, 4.69) is 11.9 Å². The van der Waals surface area contributed by atoms with Crippen LogP contribution in [0.15, 0.2) is 0 Å². The molecule has 1 amide bonds. The van der Waals surface area contributed by atoms with E-state index in [1.807, 2.05) is 11.9 Å². The van der Waals surface area contributed by atoms with Gasteiger partial charge in [0, 0.05) is 26.1 Å². The molecule has 0 bridgehead atoms. The van der Waals surface area contributed by atoms with E-state index in [-0.39, 0.29) is 5.91 Å². The van der Waals surface area contributed by atoms with Crippen LogP contribution in [0.5, 0.6) is 0 Å². The van der Waals surface area contributed by atoms with Crippen LogP contribution in [0.3, 0.4) is 0 Å². The molecule has 1 heterocycles. The van der Waals surface area contributed by atoms with Crippen LogP contribution in [-0.4, -0.2) is 55.5 Å². The molecule has 1 fully saturated rings. The van der Waals surface area contributed by atoms with Gasteiger partial charge in [0.2, 0.25) is 5.91 Å². The van der Waals surface area contributed by atoms with Crippen LogP contribution in [0.2, 0.25) is 0 Å². The highest BCUT2D eigenvalue weighted by Gasteiger charge is 2.23. The maximum absolute atomic E-state index is 11.9. The first kappa shape index (κ1) is 13.5. The molecule has 0 aromatic heterocycles. The Balaban J connectivity index is 2.31. The van der Waals surface area contributed by atoms with Crippen molar-refractivity contribution in [1.82, 2.24) is 9.80 Å². The monoisotopic (exact) mass is 227 g/mol. The molecule has 4 nitrogen and oxygen atoms in total. The Hall–Kier alpha value is -0.610. The summed E-state index contributed by atoms with van der Waals surface area (Å²) in [5.74, 6) is 0.272. The van der Waals surface area contributed by atoms with Crippen LogP contribution in [0.25, 0.3) is 0 Å². The van der Waals surface area contributed by atoms with Crippen molar-refractivity contribution < 1.29 is 4.79 Å². The highest BCUT2D eigenvalue weighted by molar-refractivity contribution is 5.76. The van der Waals surface area contributed by atoms with E-state index >= 15 is 0 Å². The van der Waals surface area contributed by atoms with Crippen molar-refractivity contribution in [2.24, 2.45) is 5.73 Å². The van der Waals surface area contributed by atoms with E-state index in [0.29, 0.717) is 19.0 Å². The highest BCUT2D eigenvalue weighted by atomic mass is 16.2. The summed E-state index contributed by atoms with van der Waals surface area (Å²) in [6.07, 6.45) is 4.85. The number of unbranched alkanes of at least 4 members (excludes halogenated alkanes) is 1. The fraction of sp³-hybridized carbons (Fsp3) is 0.917. The fourth-order valence-corrected chi connectivity index (χ4v) is 2.26. The van der Waals surface area contributed by atoms with Crippen LogP contribution >= 0.6 is 0 Å². The SMILES string of the molecule is CN1CCCC(N(C)C(=O)CCCCN)C1. The fourth-order valence-electron chi connectivity index (χ4n) is 2.26. The first-order valence-corrected chi connectivity index (χ1v) is 6.29. The molecule has 2 N–H and O–H groups in total. The molecule has 0 radical (unpaired) electrons. The molecule has 1 unspecified atom stereocenters. The molecule has 94 valence electrons. The molecule has 0 saturated carbocycles. The van der Waals surface area contributed by atoms with Gasteiger partial charge in [-0.25, -0.2) is 0 Å². The Labute approximate surface area is 98.8 Å². The highest BCUT2D eigenvalue weighted by Crippen LogP contribution is 2.14. The molecule has 1 aliphatic rings. The molecule has 1 rings (SSSR count). The zero-order valence-corrected chi connectivity index (χ0v) is 10.6. The van der Waals surface area contributed by atoms with Crippen LogP contribution in [0, 0.1) is 0 Å². The summed E-state index contributed by atoms with van der Waals surface area (Å²) < 4.78 is 0. The molecule has 0 aliphatic carbocycles. The van der Waals surface area contributed by atoms with Gasteiger partial charge in [0.1, 0.15) is 0 Å². The van der Waals surface area contributed by atoms with Crippen LogP contribution in [0.1, 0.15) is 32.1 Å². The van der Waals surface area contributed by atoms with Gasteiger partial charge in [-0.05, 0) is 45.8 Å². The van der Waals surface area contributed by atoms with Crippen molar-refractivity contribution in [3.05, 3.63) is 0 Å². The normalized spacial score (nSPS) is 22.1. The third-order valence-corrected chi connectivity index (χ3v) is 3.39. The number of hydrogen-bond acceptors (Lipinski definition) is 3. The van der Waals surface area contributed by atoms with Crippen molar-refractivity contribution in [1.29, 1.82) is 0 Å². The lowest BCUT2D eigenvalue weighted by molar-refractivity contribution is -0.133. The second kappa shape index (κ2) is 6.86. The Morgan fingerprint density at radius 3 is 2.88 bits per heavy atom. The van der Waals surface area contributed by atoms with Gasteiger partial charge in [-0.15, -0.1) is 0 Å². The zero-order chi connectivity index (χ0) is 12.0. The van der Waals surface area contributed by atoms with Crippen LogP contribution < -0.4 is 5.73 Å². The van der Waals surface area contributed by atoms with E-state index in [1.54, 1.807) is 0 Å². The number of nitrogens with zero attached hydrogens (tertiary/aromatic N) is 2. The second-order valence-corrected chi connectivity index (χ2v) is 4.81. The maximum Gasteiger partial charge on any atom is 0.222 e. The van der Waals surface area contributed by atoms with E-state index < -0.39 is 0 Å². The maximum atomic E-state index is 11.9. The lowest BCUT2D eigenvalue weighted by Crippen LogP contribution is -2.47. The van der Waals surface area contributed by atoms with E-state index in [1.165, 1.54) is 6.42 Å². The summed E-state index contributed by atoms with van der Waals surface area (Å²) in [6, 6.07) is 0.407. The predicted molar refractivity (Wildman–Crippen MR) is 66.2 cm³/mol. The molecule has 1 aliphatic heterocycles. The standard InChI is InChI=1S/C12H25N3O/c1-14-9-5-6-11(10-14)15(2)12(16)7-3-4-8-13/h11H,3-10,13H2,1-2H3. The summed E-state index contributed by atoms with van der Waals surface area (Å²) in [4.78, 5) is 16.1. The second-order valence-electron chi connectivity index (χ2n) is 4.81. The summed E-state index contributed by atoms with van der Waals surface area (Å²) >= 11 is 0. The Kier molecular flexibility index (Phi) is 5.77. The van der Waals surface area contributed by atoms with Crippen LogP contribution in [0.4, 0.5) is 0 Å². The summed E-state index contributed by atoms with van der Waals surface area (Å²) in [5, 5.41) is 0. The molecule has 4 heteroatoms. The van der Waals surface area contributed by atoms with E-state index in [4.69, 9.17) is 5.73 Å². The zero-order valence-electron chi connectivity index (χ0n) is 10.6. The molecule has 1 atom stereocenters. The van der Waals surface area contributed by atoms with Crippen LogP contribution in [-0.2, 0) is 4.79 Å². The average Bonchev–Trinajstić information content (AvgIpc) is 2.28. The van der Waals surface area contributed by atoms with Gasteiger partial charge >= 0.3 is 0 Å². The number of rotatable bonds is 5. The lowest BCUT2D eigenvalue weighted by Gasteiger charge is -2.35. The summed E-state index contributed by atoms with van der Waals surface area (Å²) in [6.45, 7) is 2.86. The number of carbonyl (C=O) groups excluding carboxylic acids is 1. The van der Waals surface area contributed by atoms with Gasteiger partial charge in [0.25, 0.3) is 0 Å². The number of piperidine rings is 1. The number of likely N-dealkylation sites (N-methyl/N-ethyl adjacent to an activating group) is 2. The van der Waals surface area contributed by atoms with E-state index in [0.717, 1.165) is 32.4 Å². The Morgan fingerprint density at radius 2 is 2.25 bits per heavy atom. The Bertz CT molecular complexity index is 220. The lowest BCUT2D eigenvalue weighted by atomic mass is 10.0. The summed E-state index contributed by atoms with van der Waals surface area (Å²) in [5.41, 5.74) is 5.42. The van der Waals surface area contributed by atoms with Gasteiger partial charge in [0.05, 0.1) is 0 Å². The molecule has 0 spiro atoms. The smallest absolute Gasteiger partial charge is 0.222 e. The summed E-state index contributed by atoms with van der Waals surface area (Å²) in [7, 11) is 4.06. The van der Waals surface area contributed by atoms with Gasteiger partial charge in [0.15, 0.2) is 0 Å². The Morgan fingerprint density at radius 1 is 1.50 bits per heavy atom. The molecule has 0 aromatic rings. The largest absolute Gasteiger partial charge is 0.341 e. The predicted octanol–water partition coefficient (Wildman–Crippen LogP) is 0.668. The minimum Gasteiger partial charge on any atom is -0.341 e. The number of likely N-dealkylation sites (tertiary alicyclic amines) is 1. The van der Waals surface area contributed by atoms with Gasteiger partial charge < -0.3 is 15.5 Å². The number of nitrogens with two attached hydrogens (primary N) is 1. The van der Waals surface area contributed by atoms with Crippen molar-refractivity contribution in [3.63, 3.8) is 0 Å². The molecular formula is C12H25N3O. The minimum atomic E-state index is 0.272. The number of amides is 1. The molecule has 16 heavy (non-hydrogen) atoms. The molecular weight excluding hydrogens is 202 g/mol. The first-order chi connectivity index (χ1) is 7.65. The third-order valence-electron chi connectivity index (χ3n) is 3.39. The van der Waals surface area contributed by atoms with Gasteiger partial charge in [-0.1, -0.05) is 0 Å². The number of carbonyl (C=O) groups is 1. The number of hydrogen-bond donors (Lipinski definition) is 1. The van der Waals surface area contributed by atoms with Gasteiger partial charge in [-0.3, -0.25) is 4.79 Å². The van der Waals surface area contributed by atoms with Gasteiger partial charge in [-0.2, -0.15) is 0 Å². The third kappa shape index (κ3) is 4.10. The topological polar surface area (TPSA) is 49.6 Å². The first-order valence-electron chi connectivity index (χ1n) is 6.29. The van der Waals surface area contributed by atoms with E-state index in [9.17, 15) is 4.79 Å². The quantitative estimate of drug-likeness (QED) is 0.702.